The molecule has 0 radical (unpaired) electrons. The fraction of sp³-hybridized carbons (Fsp3) is 0.739. The average Bonchev–Trinajstić information content (AvgIpc) is 3.39. The molecule has 0 bridgehead atoms. The lowest BCUT2D eigenvalue weighted by Gasteiger charge is -2.38. The molecule has 5 heteroatoms. The zero-order chi connectivity index (χ0) is 19.3. The minimum absolute atomic E-state index is 0.252. The number of piperidine rings is 1. The van der Waals surface area contributed by atoms with Gasteiger partial charge in [0, 0.05) is 43.9 Å². The molecule has 0 aromatic heterocycles. The molecule has 3 aliphatic rings. The average molecular weight is 393 g/mol. The van der Waals surface area contributed by atoms with Gasteiger partial charge in [-0.15, -0.1) is 0 Å². The van der Waals surface area contributed by atoms with Crippen LogP contribution in [0.15, 0.2) is 18.2 Å². The van der Waals surface area contributed by atoms with Crippen LogP contribution in [0.25, 0.3) is 0 Å². The number of likely N-dealkylation sites (tertiary alicyclic amines) is 1. The van der Waals surface area contributed by atoms with E-state index in [1.54, 1.807) is 6.07 Å². The Kier molecular flexibility index (Phi) is 6.97. The first-order chi connectivity index (χ1) is 13.7. The second-order valence-corrected chi connectivity index (χ2v) is 8.98. The number of ether oxygens (including phenoxy) is 1. The molecule has 4 rings (SSSR count). The van der Waals surface area contributed by atoms with E-state index in [0.29, 0.717) is 18.0 Å². The van der Waals surface area contributed by atoms with E-state index in [9.17, 15) is 8.78 Å². The van der Waals surface area contributed by atoms with Crippen molar-refractivity contribution in [2.24, 2.45) is 5.92 Å². The minimum atomic E-state index is -0.508. The van der Waals surface area contributed by atoms with Crippen molar-refractivity contribution in [3.05, 3.63) is 35.4 Å². The number of hydrogen-bond donors (Lipinski definition) is 0. The van der Waals surface area contributed by atoms with Crippen LogP contribution in [0.1, 0.15) is 56.9 Å². The van der Waals surface area contributed by atoms with Gasteiger partial charge >= 0.3 is 0 Å². The van der Waals surface area contributed by atoms with E-state index in [4.69, 9.17) is 4.74 Å². The van der Waals surface area contributed by atoms with E-state index in [-0.39, 0.29) is 6.10 Å². The molecule has 0 unspecified atom stereocenters. The van der Waals surface area contributed by atoms with Crippen LogP contribution in [0.3, 0.4) is 0 Å². The van der Waals surface area contributed by atoms with Gasteiger partial charge in [-0.05, 0) is 63.6 Å². The Morgan fingerprint density at radius 2 is 1.75 bits per heavy atom. The van der Waals surface area contributed by atoms with Crippen LogP contribution in [-0.4, -0.2) is 54.7 Å². The van der Waals surface area contributed by atoms with Crippen LogP contribution in [0.5, 0.6) is 0 Å². The second kappa shape index (κ2) is 9.64. The highest BCUT2D eigenvalue weighted by Gasteiger charge is 2.29. The van der Waals surface area contributed by atoms with Gasteiger partial charge in [-0.25, -0.2) is 8.78 Å². The fourth-order valence-corrected chi connectivity index (χ4v) is 5.31. The molecule has 28 heavy (non-hydrogen) atoms. The molecule has 1 aromatic rings. The molecule has 0 N–H and O–H groups in total. The fourth-order valence-electron chi connectivity index (χ4n) is 5.31. The first kappa shape index (κ1) is 20.2. The molecule has 156 valence electrons. The van der Waals surface area contributed by atoms with Crippen LogP contribution in [0, 0.1) is 17.6 Å². The van der Waals surface area contributed by atoms with Crippen molar-refractivity contribution >= 4 is 0 Å². The van der Waals surface area contributed by atoms with Crippen molar-refractivity contribution < 1.29 is 13.5 Å². The van der Waals surface area contributed by atoms with Gasteiger partial charge in [0.15, 0.2) is 0 Å². The minimum Gasteiger partial charge on any atom is -0.377 e. The Balaban J connectivity index is 1.34. The van der Waals surface area contributed by atoms with E-state index in [1.165, 1.54) is 57.7 Å². The lowest BCUT2D eigenvalue weighted by molar-refractivity contribution is 0.0536. The Labute approximate surface area is 168 Å². The summed E-state index contributed by atoms with van der Waals surface area (Å²) in [6, 6.07) is 4.77. The Morgan fingerprint density at radius 1 is 0.964 bits per heavy atom. The third-order valence-corrected chi connectivity index (χ3v) is 6.90. The predicted octanol–water partition coefficient (Wildman–Crippen LogP) is 4.60. The molecule has 1 aromatic carbocycles. The van der Waals surface area contributed by atoms with Gasteiger partial charge in [-0.1, -0.05) is 18.9 Å². The van der Waals surface area contributed by atoms with Crippen molar-refractivity contribution in [1.29, 1.82) is 0 Å². The normalized spacial score (nSPS) is 25.2. The van der Waals surface area contributed by atoms with E-state index in [0.717, 1.165) is 44.6 Å². The summed E-state index contributed by atoms with van der Waals surface area (Å²) in [4.78, 5) is 5.05. The van der Waals surface area contributed by atoms with Gasteiger partial charge in [0.2, 0.25) is 0 Å². The Bertz CT molecular complexity index is 621. The highest BCUT2D eigenvalue weighted by Crippen LogP contribution is 2.29. The summed E-state index contributed by atoms with van der Waals surface area (Å²) < 4.78 is 33.3. The maximum absolute atomic E-state index is 14.2. The van der Waals surface area contributed by atoms with Gasteiger partial charge in [0.1, 0.15) is 11.6 Å². The summed E-state index contributed by atoms with van der Waals surface area (Å²) in [5.41, 5.74) is 0.586. The summed E-state index contributed by atoms with van der Waals surface area (Å²) in [5, 5.41) is 0. The first-order valence-corrected chi connectivity index (χ1v) is 11.2. The number of benzene rings is 1. The van der Waals surface area contributed by atoms with Gasteiger partial charge in [0.25, 0.3) is 0 Å². The summed E-state index contributed by atoms with van der Waals surface area (Å²) in [6.45, 7) is 5.61. The van der Waals surface area contributed by atoms with Crippen molar-refractivity contribution in [1.82, 2.24) is 9.80 Å². The van der Waals surface area contributed by atoms with Crippen LogP contribution >= 0.6 is 0 Å². The van der Waals surface area contributed by atoms with Crippen LogP contribution < -0.4 is 0 Å². The van der Waals surface area contributed by atoms with Crippen molar-refractivity contribution in [2.45, 2.75) is 70.1 Å². The zero-order valence-corrected chi connectivity index (χ0v) is 16.9. The third-order valence-electron chi connectivity index (χ3n) is 6.90. The van der Waals surface area contributed by atoms with Gasteiger partial charge < -0.3 is 9.64 Å². The van der Waals surface area contributed by atoms with Crippen LogP contribution in [0.4, 0.5) is 8.78 Å². The lowest BCUT2D eigenvalue weighted by Crippen LogP contribution is -2.43. The summed E-state index contributed by atoms with van der Waals surface area (Å²) in [7, 11) is 0. The summed E-state index contributed by atoms with van der Waals surface area (Å²) >= 11 is 0. The molecule has 3 fully saturated rings. The molecule has 1 saturated carbocycles. The first-order valence-electron chi connectivity index (χ1n) is 11.2. The molecule has 2 aliphatic heterocycles. The molecule has 0 amide bonds. The highest BCUT2D eigenvalue weighted by molar-refractivity contribution is 5.18. The van der Waals surface area contributed by atoms with E-state index in [1.807, 2.05) is 0 Å². The number of nitrogens with zero attached hydrogens (tertiary/aromatic N) is 2. The number of halogens is 2. The van der Waals surface area contributed by atoms with Gasteiger partial charge in [-0.2, -0.15) is 0 Å². The lowest BCUT2D eigenvalue weighted by atomic mass is 9.94. The molecular formula is C23H34F2N2O. The van der Waals surface area contributed by atoms with E-state index < -0.39 is 11.6 Å². The molecule has 1 atom stereocenters. The largest absolute Gasteiger partial charge is 0.377 e. The SMILES string of the molecule is Fc1ccc(CN(CC2CCN(C3CCCC3)CC2)C[C@H]2CCCO2)c(F)c1. The molecule has 0 spiro atoms. The Morgan fingerprint density at radius 3 is 2.43 bits per heavy atom. The quantitative estimate of drug-likeness (QED) is 0.674. The highest BCUT2D eigenvalue weighted by atomic mass is 19.1. The third kappa shape index (κ3) is 5.31. The van der Waals surface area contributed by atoms with Crippen molar-refractivity contribution in [3.8, 4) is 0 Å². The number of rotatable bonds is 7. The molecule has 1 aliphatic carbocycles. The topological polar surface area (TPSA) is 15.7 Å². The van der Waals surface area contributed by atoms with Crippen molar-refractivity contribution in [3.63, 3.8) is 0 Å². The van der Waals surface area contributed by atoms with E-state index in [2.05, 4.69) is 9.80 Å². The second-order valence-electron chi connectivity index (χ2n) is 8.98. The van der Waals surface area contributed by atoms with Crippen LogP contribution in [0.2, 0.25) is 0 Å². The molecular weight excluding hydrogens is 358 g/mol. The summed E-state index contributed by atoms with van der Waals surface area (Å²) in [6.07, 6.45) is 10.4. The predicted molar refractivity (Wildman–Crippen MR) is 107 cm³/mol. The number of hydrogen-bond acceptors (Lipinski definition) is 3. The smallest absolute Gasteiger partial charge is 0.130 e. The molecule has 2 saturated heterocycles. The van der Waals surface area contributed by atoms with Gasteiger partial charge in [0.05, 0.1) is 6.10 Å². The maximum Gasteiger partial charge on any atom is 0.130 e. The maximum atomic E-state index is 14.2. The summed E-state index contributed by atoms with van der Waals surface area (Å²) in [5.74, 6) is -0.290. The molecule has 3 nitrogen and oxygen atoms in total. The van der Waals surface area contributed by atoms with Gasteiger partial charge in [-0.3, -0.25) is 4.90 Å². The van der Waals surface area contributed by atoms with Crippen LogP contribution in [-0.2, 0) is 11.3 Å². The standard InChI is InChI=1S/C23H34F2N2O/c24-20-8-7-19(23(25)14-20)16-26(17-22-6-3-13-28-22)15-18-9-11-27(12-10-18)21-4-1-2-5-21/h7-8,14,18,21-22H,1-6,9-13,15-17H2/t22-/m1/s1. The monoisotopic (exact) mass is 392 g/mol. The van der Waals surface area contributed by atoms with Crippen molar-refractivity contribution in [2.75, 3.05) is 32.8 Å². The zero-order valence-electron chi connectivity index (χ0n) is 16.9. The Hall–Kier alpha value is -1.04. The molecule has 2 heterocycles. The van der Waals surface area contributed by atoms with E-state index >= 15 is 0 Å².